The van der Waals surface area contributed by atoms with Crippen molar-refractivity contribution in [1.29, 1.82) is 0 Å². The Bertz CT molecular complexity index is 1180. The van der Waals surface area contributed by atoms with Gasteiger partial charge in [0, 0.05) is 22.7 Å². The summed E-state index contributed by atoms with van der Waals surface area (Å²) in [6, 6.07) is 16.4. The molecule has 1 aliphatic carbocycles. The molecule has 4 rings (SSSR count). The van der Waals surface area contributed by atoms with Gasteiger partial charge in [-0.25, -0.2) is 4.68 Å². The van der Waals surface area contributed by atoms with Crippen molar-refractivity contribution < 1.29 is 4.74 Å². The number of benzene rings is 2. The zero-order valence-corrected chi connectivity index (χ0v) is 12.4. The third-order valence-corrected chi connectivity index (χ3v) is 4.00. The third kappa shape index (κ3) is 1.77. The van der Waals surface area contributed by atoms with E-state index in [9.17, 15) is 0 Å². The van der Waals surface area contributed by atoms with Gasteiger partial charge in [0.2, 0.25) is 0 Å². The molecule has 0 fully saturated rings. The summed E-state index contributed by atoms with van der Waals surface area (Å²) in [4.78, 5) is 0. The number of ether oxygens (including phenoxy) is 1. The smallest absolute Gasteiger partial charge is 0.127 e. The van der Waals surface area contributed by atoms with Crippen LogP contribution in [0.3, 0.4) is 0 Å². The van der Waals surface area contributed by atoms with Gasteiger partial charge in [-0.1, -0.05) is 53.7 Å². The van der Waals surface area contributed by atoms with Gasteiger partial charge in [-0.3, -0.25) is 0 Å². The summed E-state index contributed by atoms with van der Waals surface area (Å²) in [7, 11) is 3.62. The Balaban J connectivity index is 2.56. The van der Waals surface area contributed by atoms with Crippen molar-refractivity contribution in [3.05, 3.63) is 80.1 Å². The summed E-state index contributed by atoms with van der Waals surface area (Å²) in [6.07, 6.45) is 2.07. The average molecular weight is 289 g/mol. The summed E-state index contributed by atoms with van der Waals surface area (Å²) in [5.41, 5.74) is 0. The molecular formula is C18H15N3O. The number of fused-ring (bicyclic) bond motifs is 3. The van der Waals surface area contributed by atoms with Crippen molar-refractivity contribution in [2.24, 2.45) is 7.05 Å². The maximum atomic E-state index is 5.64. The fourth-order valence-electron chi connectivity index (χ4n) is 2.97. The number of aryl methyl sites for hydroxylation is 1. The van der Waals surface area contributed by atoms with E-state index in [1.54, 1.807) is 7.11 Å². The lowest BCUT2D eigenvalue weighted by Gasteiger charge is -2.03. The second-order valence-electron chi connectivity index (χ2n) is 5.26. The molecule has 0 spiro atoms. The molecule has 3 aromatic rings. The van der Waals surface area contributed by atoms with E-state index >= 15 is 0 Å². The van der Waals surface area contributed by atoms with Crippen LogP contribution in [0.25, 0.3) is 11.8 Å². The topological polar surface area (TPSA) is 39.9 Å². The van der Waals surface area contributed by atoms with Crippen molar-refractivity contribution in [2.45, 2.75) is 0 Å². The first-order valence-electron chi connectivity index (χ1n) is 7.14. The number of methoxy groups -OCH3 is 1. The van der Waals surface area contributed by atoms with Gasteiger partial charge >= 0.3 is 0 Å². The van der Waals surface area contributed by atoms with Crippen LogP contribution in [0, 0.1) is 21.1 Å². The van der Waals surface area contributed by atoms with E-state index < -0.39 is 0 Å². The van der Waals surface area contributed by atoms with E-state index in [0.29, 0.717) is 0 Å². The summed E-state index contributed by atoms with van der Waals surface area (Å²) in [5.74, 6) is 0.833. The van der Waals surface area contributed by atoms with Crippen LogP contribution in [0.15, 0.2) is 48.5 Å². The first-order valence-corrected chi connectivity index (χ1v) is 7.14. The number of rotatable bonds is 1. The lowest BCUT2D eigenvalue weighted by molar-refractivity contribution is 0.374. The quantitative estimate of drug-likeness (QED) is 0.669. The van der Waals surface area contributed by atoms with Crippen LogP contribution in [0.5, 0.6) is 0 Å². The van der Waals surface area contributed by atoms with Crippen molar-refractivity contribution >= 4 is 11.8 Å². The number of hydrogen-bond donors (Lipinski definition) is 0. The first kappa shape index (κ1) is 12.8. The van der Waals surface area contributed by atoms with Crippen LogP contribution < -0.4 is 10.4 Å². The molecule has 4 heteroatoms. The minimum absolute atomic E-state index is 0.833. The van der Waals surface area contributed by atoms with Crippen molar-refractivity contribution in [3.63, 3.8) is 0 Å². The Morgan fingerprint density at radius 2 is 1.59 bits per heavy atom. The van der Waals surface area contributed by atoms with Gasteiger partial charge in [0.1, 0.15) is 11.1 Å². The van der Waals surface area contributed by atoms with Crippen LogP contribution in [0.4, 0.5) is 0 Å². The first-order chi connectivity index (χ1) is 10.8. The molecule has 0 saturated carbocycles. The van der Waals surface area contributed by atoms with Crippen LogP contribution in [-0.2, 0) is 11.8 Å². The molecule has 22 heavy (non-hydrogen) atoms. The fourth-order valence-corrected chi connectivity index (χ4v) is 2.97. The molecule has 0 amide bonds. The molecule has 1 aliphatic rings. The molecule has 108 valence electrons. The molecule has 0 atom stereocenters. The number of hydrogen-bond acceptors (Lipinski definition) is 3. The van der Waals surface area contributed by atoms with Gasteiger partial charge in [-0.15, -0.1) is 5.10 Å². The van der Waals surface area contributed by atoms with E-state index in [2.05, 4.69) is 40.7 Å². The fraction of sp³-hybridized carbons (Fsp3) is 0.111. The second-order valence-corrected chi connectivity index (χ2v) is 5.26. The Morgan fingerprint density at radius 3 is 2.36 bits per heavy atom. The second kappa shape index (κ2) is 4.84. The lowest BCUT2D eigenvalue weighted by atomic mass is 10.1. The highest BCUT2D eigenvalue weighted by Crippen LogP contribution is 2.03. The molecular weight excluding hydrogens is 274 g/mol. The van der Waals surface area contributed by atoms with Gasteiger partial charge in [-0.2, -0.15) is 0 Å². The monoisotopic (exact) mass is 289 g/mol. The minimum atomic E-state index is 0.833. The van der Waals surface area contributed by atoms with Crippen molar-refractivity contribution in [1.82, 2.24) is 15.0 Å². The summed E-state index contributed by atoms with van der Waals surface area (Å²) in [6.45, 7) is 0. The number of nitrogens with zero attached hydrogens (tertiary/aromatic N) is 3. The van der Waals surface area contributed by atoms with Crippen molar-refractivity contribution in [2.75, 3.05) is 7.11 Å². The van der Waals surface area contributed by atoms with E-state index in [1.165, 1.54) is 0 Å². The molecule has 0 saturated heterocycles. The van der Waals surface area contributed by atoms with Crippen LogP contribution in [0.2, 0.25) is 0 Å². The van der Waals surface area contributed by atoms with Crippen LogP contribution in [-0.4, -0.2) is 22.1 Å². The molecule has 2 aromatic carbocycles. The Labute approximate surface area is 126 Å². The highest BCUT2D eigenvalue weighted by molar-refractivity contribution is 5.71. The van der Waals surface area contributed by atoms with Gasteiger partial charge in [0.05, 0.1) is 12.5 Å². The normalized spacial score (nSPS) is 19.6. The summed E-state index contributed by atoms with van der Waals surface area (Å²) < 4.78 is 7.47. The minimum Gasteiger partial charge on any atom is -0.496 e. The van der Waals surface area contributed by atoms with E-state index in [4.69, 9.17) is 4.74 Å². The van der Waals surface area contributed by atoms with E-state index in [1.807, 2.05) is 36.0 Å². The van der Waals surface area contributed by atoms with Crippen LogP contribution in [0.1, 0.15) is 0 Å². The van der Waals surface area contributed by atoms with Gasteiger partial charge < -0.3 is 4.74 Å². The predicted molar refractivity (Wildman–Crippen MR) is 83.4 cm³/mol. The summed E-state index contributed by atoms with van der Waals surface area (Å²) in [5, 5.41) is 14.8. The SMILES string of the molecule is COC1=c2\cccc\c2=c2/nnn(C)/c2=c2\cccc\c2=C\1. The highest BCUT2D eigenvalue weighted by Gasteiger charge is 2.05. The maximum absolute atomic E-state index is 5.64. The molecule has 0 unspecified atom stereocenters. The standard InChI is InChI=1S/C18H15N3O/c1-21-18-13-8-4-3-7-12(13)11-16(22-2)14-9-5-6-10-15(14)17(18)19-20-21/h3-11H,1-2H3/b12-11-,16-11?,16-14+,17-15+,18-13+. The molecule has 0 radical (unpaired) electrons. The molecule has 0 bridgehead atoms. The molecule has 4 nitrogen and oxygen atoms in total. The maximum Gasteiger partial charge on any atom is 0.127 e. The molecule has 1 aromatic heterocycles. The van der Waals surface area contributed by atoms with Crippen LogP contribution >= 0.6 is 0 Å². The highest BCUT2D eigenvalue weighted by atomic mass is 16.5. The predicted octanol–water partition coefficient (Wildman–Crippen LogP) is 0.938. The van der Waals surface area contributed by atoms with Gasteiger partial charge in [-0.05, 0) is 11.3 Å². The van der Waals surface area contributed by atoms with Gasteiger partial charge in [0.25, 0.3) is 0 Å². The largest absolute Gasteiger partial charge is 0.496 e. The van der Waals surface area contributed by atoms with Crippen molar-refractivity contribution in [3.8, 4) is 0 Å². The number of aromatic nitrogens is 3. The molecule has 0 N–H and O–H groups in total. The van der Waals surface area contributed by atoms with Gasteiger partial charge in [0.15, 0.2) is 0 Å². The lowest BCUT2D eigenvalue weighted by Crippen LogP contribution is -2.15. The Morgan fingerprint density at radius 1 is 0.909 bits per heavy atom. The Kier molecular flexibility index (Phi) is 2.82. The van der Waals surface area contributed by atoms with E-state index in [-0.39, 0.29) is 0 Å². The zero-order chi connectivity index (χ0) is 15.1. The molecule has 0 aliphatic heterocycles. The third-order valence-electron chi connectivity index (χ3n) is 4.00. The zero-order valence-electron chi connectivity index (χ0n) is 12.4. The Hall–Kier alpha value is -2.88. The molecule has 1 heterocycles. The summed E-state index contributed by atoms with van der Waals surface area (Å²) >= 11 is 0. The van der Waals surface area contributed by atoms with E-state index in [0.717, 1.165) is 37.3 Å². The average Bonchev–Trinajstić information content (AvgIpc) is 2.92.